The lowest BCUT2D eigenvalue weighted by molar-refractivity contribution is 0.208. The van der Waals surface area contributed by atoms with E-state index in [4.69, 9.17) is 23.2 Å². The number of halogens is 2. The van der Waals surface area contributed by atoms with Gasteiger partial charge in [-0.15, -0.1) is 10.2 Å². The number of amides is 2. The summed E-state index contributed by atoms with van der Waals surface area (Å²) in [6.45, 7) is 4.61. The summed E-state index contributed by atoms with van der Waals surface area (Å²) >= 11 is 12.2. The Morgan fingerprint density at radius 1 is 0.967 bits per heavy atom. The predicted molar refractivity (Wildman–Crippen MR) is 121 cm³/mol. The van der Waals surface area contributed by atoms with Crippen LogP contribution in [0.2, 0.25) is 10.0 Å². The van der Waals surface area contributed by atoms with Crippen LogP contribution >= 0.6 is 23.2 Å². The number of hydrogen-bond donors (Lipinski definition) is 1. The number of anilines is 2. The molecule has 0 saturated carbocycles. The zero-order valence-electron chi connectivity index (χ0n) is 16.5. The van der Waals surface area contributed by atoms with Crippen LogP contribution in [0.5, 0.6) is 0 Å². The van der Waals surface area contributed by atoms with Crippen molar-refractivity contribution in [3.63, 3.8) is 0 Å². The summed E-state index contributed by atoms with van der Waals surface area (Å²) in [6.07, 6.45) is 0. The standard InChI is InChI=1S/C22H21Cl2N5O/c1-15-3-2-4-17(13-15)25-22(30)29-11-9-28(10-12-29)21-8-7-20(26-27-21)18-6-5-16(23)14-19(18)24/h2-8,13-14H,9-12H2,1H3,(H,25,30). The van der Waals surface area contributed by atoms with Crippen molar-refractivity contribution in [2.24, 2.45) is 0 Å². The summed E-state index contributed by atoms with van der Waals surface area (Å²) in [5.74, 6) is 0.780. The molecule has 0 unspecified atom stereocenters. The molecule has 0 aliphatic carbocycles. The molecule has 0 spiro atoms. The van der Waals surface area contributed by atoms with E-state index in [1.165, 1.54) is 0 Å². The first-order valence-corrected chi connectivity index (χ1v) is 10.4. The lowest BCUT2D eigenvalue weighted by Gasteiger charge is -2.35. The third-order valence-corrected chi connectivity index (χ3v) is 5.57. The Kier molecular flexibility index (Phi) is 6.06. The van der Waals surface area contributed by atoms with Crippen molar-refractivity contribution in [2.45, 2.75) is 6.92 Å². The second-order valence-corrected chi connectivity index (χ2v) is 8.02. The highest BCUT2D eigenvalue weighted by atomic mass is 35.5. The van der Waals surface area contributed by atoms with Crippen LogP contribution in [0.3, 0.4) is 0 Å². The molecule has 3 aromatic rings. The van der Waals surface area contributed by atoms with Crippen molar-refractivity contribution >= 4 is 40.7 Å². The summed E-state index contributed by atoms with van der Waals surface area (Å²) in [5, 5.41) is 12.8. The first-order valence-electron chi connectivity index (χ1n) is 9.66. The minimum atomic E-state index is -0.0842. The van der Waals surface area contributed by atoms with E-state index in [-0.39, 0.29) is 6.03 Å². The first kappa shape index (κ1) is 20.4. The SMILES string of the molecule is Cc1cccc(NC(=O)N2CCN(c3ccc(-c4ccc(Cl)cc4Cl)nn3)CC2)c1. The number of carbonyl (C=O) groups excluding carboxylic acids is 1. The molecule has 0 bridgehead atoms. The maximum atomic E-state index is 12.5. The Morgan fingerprint density at radius 2 is 1.77 bits per heavy atom. The number of nitrogens with zero attached hydrogens (tertiary/aromatic N) is 4. The summed E-state index contributed by atoms with van der Waals surface area (Å²) in [5.41, 5.74) is 3.40. The van der Waals surface area contributed by atoms with Crippen LogP contribution in [0.25, 0.3) is 11.3 Å². The smallest absolute Gasteiger partial charge is 0.321 e. The van der Waals surface area contributed by atoms with Crippen LogP contribution in [-0.4, -0.2) is 47.3 Å². The van der Waals surface area contributed by atoms with Crippen molar-refractivity contribution < 1.29 is 4.79 Å². The molecule has 1 aliphatic heterocycles. The molecule has 6 nitrogen and oxygen atoms in total. The number of aryl methyl sites for hydroxylation is 1. The van der Waals surface area contributed by atoms with Gasteiger partial charge in [0.2, 0.25) is 0 Å². The van der Waals surface area contributed by atoms with E-state index in [2.05, 4.69) is 20.4 Å². The predicted octanol–water partition coefficient (Wildman–Crippen LogP) is 5.11. The van der Waals surface area contributed by atoms with Gasteiger partial charge >= 0.3 is 6.03 Å². The molecule has 0 atom stereocenters. The highest BCUT2D eigenvalue weighted by Crippen LogP contribution is 2.29. The quantitative estimate of drug-likeness (QED) is 0.612. The molecule has 0 radical (unpaired) electrons. The molecule has 4 rings (SSSR count). The van der Waals surface area contributed by atoms with Gasteiger partial charge < -0.3 is 15.1 Å². The van der Waals surface area contributed by atoms with Crippen LogP contribution in [-0.2, 0) is 0 Å². The average Bonchev–Trinajstić information content (AvgIpc) is 2.74. The molecule has 1 saturated heterocycles. The van der Waals surface area contributed by atoms with Crippen molar-refractivity contribution in [3.8, 4) is 11.3 Å². The molecule has 1 aliphatic rings. The normalized spacial score (nSPS) is 14.0. The second kappa shape index (κ2) is 8.90. The Balaban J connectivity index is 1.36. The fourth-order valence-electron chi connectivity index (χ4n) is 3.40. The van der Waals surface area contributed by atoms with Gasteiger partial charge in [-0.2, -0.15) is 0 Å². The Bertz CT molecular complexity index is 1050. The number of aromatic nitrogens is 2. The van der Waals surface area contributed by atoms with Gasteiger partial charge in [0.25, 0.3) is 0 Å². The summed E-state index contributed by atoms with van der Waals surface area (Å²) in [4.78, 5) is 16.5. The number of nitrogens with one attached hydrogen (secondary N) is 1. The molecule has 8 heteroatoms. The van der Waals surface area contributed by atoms with Crippen molar-refractivity contribution in [2.75, 3.05) is 36.4 Å². The fourth-order valence-corrected chi connectivity index (χ4v) is 3.90. The van der Waals surface area contributed by atoms with Crippen molar-refractivity contribution in [3.05, 3.63) is 70.2 Å². The third-order valence-electron chi connectivity index (χ3n) is 5.02. The van der Waals surface area contributed by atoms with Gasteiger partial charge in [-0.25, -0.2) is 4.79 Å². The van der Waals surface area contributed by atoms with E-state index < -0.39 is 0 Å². The lowest BCUT2D eigenvalue weighted by Crippen LogP contribution is -2.50. The van der Waals surface area contributed by atoms with E-state index in [1.807, 2.05) is 54.3 Å². The lowest BCUT2D eigenvalue weighted by atomic mass is 10.1. The molecule has 2 heterocycles. The highest BCUT2D eigenvalue weighted by Gasteiger charge is 2.22. The van der Waals surface area contributed by atoms with Gasteiger partial charge in [-0.3, -0.25) is 0 Å². The minimum absolute atomic E-state index is 0.0842. The first-order chi connectivity index (χ1) is 14.5. The Morgan fingerprint density at radius 3 is 2.43 bits per heavy atom. The fraction of sp³-hybridized carbons (Fsp3) is 0.227. The number of benzene rings is 2. The number of hydrogen-bond acceptors (Lipinski definition) is 4. The molecule has 30 heavy (non-hydrogen) atoms. The molecule has 2 aromatic carbocycles. The van der Waals surface area contributed by atoms with Crippen LogP contribution in [0, 0.1) is 6.92 Å². The summed E-state index contributed by atoms with van der Waals surface area (Å²) in [6, 6.07) is 16.8. The van der Waals surface area contributed by atoms with Gasteiger partial charge in [0.1, 0.15) is 0 Å². The van der Waals surface area contributed by atoms with Crippen LogP contribution in [0.4, 0.5) is 16.3 Å². The average molecular weight is 442 g/mol. The van der Waals surface area contributed by atoms with E-state index in [0.717, 1.165) is 22.6 Å². The molecule has 154 valence electrons. The topological polar surface area (TPSA) is 61.4 Å². The van der Waals surface area contributed by atoms with E-state index in [1.54, 1.807) is 12.1 Å². The van der Waals surface area contributed by atoms with Crippen LogP contribution in [0.15, 0.2) is 54.6 Å². The highest BCUT2D eigenvalue weighted by molar-refractivity contribution is 6.36. The van der Waals surface area contributed by atoms with Crippen molar-refractivity contribution in [1.29, 1.82) is 0 Å². The zero-order chi connectivity index (χ0) is 21.1. The summed E-state index contributed by atoms with van der Waals surface area (Å²) < 4.78 is 0. The van der Waals surface area contributed by atoms with Crippen LogP contribution in [0.1, 0.15) is 5.56 Å². The second-order valence-electron chi connectivity index (χ2n) is 7.17. The van der Waals surface area contributed by atoms with E-state index in [9.17, 15) is 4.79 Å². The maximum Gasteiger partial charge on any atom is 0.321 e. The van der Waals surface area contributed by atoms with Crippen LogP contribution < -0.4 is 10.2 Å². The minimum Gasteiger partial charge on any atom is -0.352 e. The number of urea groups is 1. The molecular formula is C22H21Cl2N5O. The van der Waals surface area contributed by atoms with E-state index in [0.29, 0.717) is 41.9 Å². The van der Waals surface area contributed by atoms with Gasteiger partial charge in [-0.05, 0) is 55.0 Å². The molecule has 1 fully saturated rings. The molecule has 2 amide bonds. The molecule has 1 aromatic heterocycles. The number of rotatable bonds is 3. The largest absolute Gasteiger partial charge is 0.352 e. The molecular weight excluding hydrogens is 421 g/mol. The maximum absolute atomic E-state index is 12.5. The Hall–Kier alpha value is -2.83. The van der Waals surface area contributed by atoms with E-state index >= 15 is 0 Å². The third kappa shape index (κ3) is 4.66. The molecule has 1 N–H and O–H groups in total. The van der Waals surface area contributed by atoms with Gasteiger partial charge in [-0.1, -0.05) is 35.3 Å². The van der Waals surface area contributed by atoms with Gasteiger partial charge in [0, 0.05) is 42.5 Å². The van der Waals surface area contributed by atoms with Crippen molar-refractivity contribution in [1.82, 2.24) is 15.1 Å². The van der Waals surface area contributed by atoms with Gasteiger partial charge in [0.15, 0.2) is 5.82 Å². The summed E-state index contributed by atoms with van der Waals surface area (Å²) in [7, 11) is 0. The monoisotopic (exact) mass is 441 g/mol. The number of carbonyl (C=O) groups is 1. The Labute approximate surface area is 185 Å². The van der Waals surface area contributed by atoms with Gasteiger partial charge in [0.05, 0.1) is 10.7 Å². The zero-order valence-corrected chi connectivity index (χ0v) is 18.0. The number of piperazine rings is 1.